The Morgan fingerprint density at radius 1 is 1.04 bits per heavy atom. The van der Waals surface area contributed by atoms with Crippen molar-refractivity contribution >= 4 is 5.91 Å². The molecule has 0 aromatic rings. The maximum Gasteiger partial charge on any atom is 0.223 e. The first kappa shape index (κ1) is 25.3. The Morgan fingerprint density at radius 3 is 2.18 bits per heavy atom. The molecule has 0 unspecified atom stereocenters. The number of hydrogen-bond donors (Lipinski definition) is 6. The van der Waals surface area contributed by atoms with E-state index in [9.17, 15) is 20.1 Å². The van der Waals surface area contributed by atoms with E-state index >= 15 is 0 Å². The quantitative estimate of drug-likeness (QED) is 0.232. The van der Waals surface area contributed by atoms with E-state index in [1.807, 2.05) is 0 Å². The maximum absolute atomic E-state index is 12.1. The van der Waals surface area contributed by atoms with Gasteiger partial charge in [-0.15, -0.1) is 0 Å². The Hall–Kier alpha value is -0.770. The smallest absolute Gasteiger partial charge is 0.223 e. The fourth-order valence-corrected chi connectivity index (χ4v) is 3.56. The van der Waals surface area contributed by atoms with Gasteiger partial charge in [0.25, 0.3) is 0 Å². The van der Waals surface area contributed by atoms with E-state index in [0.717, 1.165) is 19.3 Å². The third-order valence-corrected chi connectivity index (χ3v) is 5.35. The highest BCUT2D eigenvalue weighted by Crippen LogP contribution is 2.19. The molecule has 6 atom stereocenters. The summed E-state index contributed by atoms with van der Waals surface area (Å²) in [6.07, 6.45) is 5.69. The first-order valence-corrected chi connectivity index (χ1v) is 10.8. The zero-order chi connectivity index (χ0) is 20.9. The van der Waals surface area contributed by atoms with E-state index in [2.05, 4.69) is 12.2 Å². The Bertz CT molecular complexity index is 426. The van der Waals surface area contributed by atoms with Crippen molar-refractivity contribution in [2.75, 3.05) is 6.61 Å². The van der Waals surface area contributed by atoms with Gasteiger partial charge < -0.3 is 36.2 Å². The predicted molar refractivity (Wildman–Crippen MR) is 106 cm³/mol. The average molecular weight is 405 g/mol. The van der Waals surface area contributed by atoms with Crippen molar-refractivity contribution in [2.24, 2.45) is 5.73 Å². The molecule has 7 N–H and O–H groups in total. The van der Waals surface area contributed by atoms with Crippen LogP contribution in [0, 0.1) is 0 Å². The van der Waals surface area contributed by atoms with Crippen LogP contribution >= 0.6 is 0 Å². The third kappa shape index (κ3) is 9.15. The summed E-state index contributed by atoms with van der Waals surface area (Å²) >= 11 is 0. The Morgan fingerprint density at radius 2 is 1.61 bits per heavy atom. The van der Waals surface area contributed by atoms with E-state index in [4.69, 9.17) is 15.6 Å². The van der Waals surface area contributed by atoms with E-state index in [0.29, 0.717) is 6.42 Å². The van der Waals surface area contributed by atoms with Crippen molar-refractivity contribution in [3.63, 3.8) is 0 Å². The van der Waals surface area contributed by atoms with Crippen LogP contribution in [0.5, 0.6) is 0 Å². The molecule has 8 nitrogen and oxygen atoms in total. The number of aliphatic hydroxyl groups excluding tert-OH is 4. The number of rotatable bonds is 14. The SMILES string of the molecule is CCCCCCCCCCC[C@@H](O)CC(=O)N[C@@H]1[C@@H](O)[C@H](O)[C@@H](CO)O[C@H]1N. The number of ether oxygens (including phenoxy) is 1. The van der Waals surface area contributed by atoms with Gasteiger partial charge in [0.15, 0.2) is 0 Å². The molecule has 0 radical (unpaired) electrons. The van der Waals surface area contributed by atoms with E-state index in [-0.39, 0.29) is 6.42 Å². The molecule has 28 heavy (non-hydrogen) atoms. The minimum atomic E-state index is -1.35. The van der Waals surface area contributed by atoms with E-state index in [1.165, 1.54) is 38.5 Å². The van der Waals surface area contributed by atoms with Crippen LogP contribution in [0.15, 0.2) is 0 Å². The molecule has 0 aliphatic carbocycles. The molecule has 166 valence electrons. The number of unbranched alkanes of at least 4 members (excludes halogenated alkanes) is 8. The highest BCUT2D eigenvalue weighted by atomic mass is 16.5. The highest BCUT2D eigenvalue weighted by Gasteiger charge is 2.43. The molecule has 0 aromatic heterocycles. The van der Waals surface area contributed by atoms with Crippen LogP contribution in [-0.2, 0) is 9.53 Å². The molecule has 8 heteroatoms. The molecule has 1 amide bonds. The van der Waals surface area contributed by atoms with Gasteiger partial charge in [-0.3, -0.25) is 4.79 Å². The molecular formula is C20H40N2O6. The molecule has 1 rings (SSSR count). The molecule has 1 saturated heterocycles. The first-order valence-electron chi connectivity index (χ1n) is 10.8. The van der Waals surface area contributed by atoms with Gasteiger partial charge in [-0.05, 0) is 6.42 Å². The minimum Gasteiger partial charge on any atom is -0.394 e. The summed E-state index contributed by atoms with van der Waals surface area (Å²) in [6, 6.07) is -0.995. The topological polar surface area (TPSA) is 145 Å². The van der Waals surface area contributed by atoms with Crippen LogP contribution in [-0.4, -0.2) is 69.6 Å². The highest BCUT2D eigenvalue weighted by molar-refractivity contribution is 5.76. The number of amides is 1. The normalized spacial score (nSPS) is 28.9. The van der Waals surface area contributed by atoms with Gasteiger partial charge in [0.1, 0.15) is 24.5 Å². The van der Waals surface area contributed by atoms with Crippen molar-refractivity contribution < 1.29 is 30.0 Å². The lowest BCUT2D eigenvalue weighted by atomic mass is 9.96. The standard InChI is InChI=1S/C20H40N2O6/c1-2-3-4-5-6-7-8-9-10-11-14(24)12-16(25)22-17-19(27)18(26)15(13-23)28-20(17)21/h14-15,17-20,23-24,26-27H,2-13,21H2,1H3,(H,22,25)/t14-,15-,17-,18-,19-,20-/m1/s1. The zero-order valence-corrected chi connectivity index (χ0v) is 17.1. The summed E-state index contributed by atoms with van der Waals surface area (Å²) in [5.41, 5.74) is 5.76. The number of carbonyl (C=O) groups is 1. The molecule has 0 aromatic carbocycles. The molecule has 0 spiro atoms. The zero-order valence-electron chi connectivity index (χ0n) is 17.1. The van der Waals surface area contributed by atoms with Crippen molar-refractivity contribution in [3.8, 4) is 0 Å². The summed E-state index contributed by atoms with van der Waals surface area (Å²) in [5.74, 6) is -0.457. The van der Waals surface area contributed by atoms with Crippen LogP contribution in [0.4, 0.5) is 0 Å². The molecule has 1 aliphatic rings. The summed E-state index contributed by atoms with van der Waals surface area (Å²) in [7, 11) is 0. The average Bonchev–Trinajstić information content (AvgIpc) is 2.66. The fourth-order valence-electron chi connectivity index (χ4n) is 3.56. The number of nitrogens with one attached hydrogen (secondary N) is 1. The van der Waals surface area contributed by atoms with Crippen LogP contribution < -0.4 is 11.1 Å². The lowest BCUT2D eigenvalue weighted by Gasteiger charge is -2.41. The number of aliphatic hydroxyl groups is 4. The van der Waals surface area contributed by atoms with Gasteiger partial charge in [-0.25, -0.2) is 0 Å². The number of nitrogens with two attached hydrogens (primary N) is 1. The van der Waals surface area contributed by atoms with E-state index < -0.39 is 49.2 Å². The van der Waals surface area contributed by atoms with Crippen molar-refractivity contribution in [3.05, 3.63) is 0 Å². The Balaban J connectivity index is 2.17. The second kappa shape index (κ2) is 14.3. The van der Waals surface area contributed by atoms with Gasteiger partial charge in [-0.2, -0.15) is 0 Å². The predicted octanol–water partition coefficient (Wildman–Crippen LogP) is 0.541. The van der Waals surface area contributed by atoms with Gasteiger partial charge in [0.2, 0.25) is 5.91 Å². The third-order valence-electron chi connectivity index (χ3n) is 5.35. The molecular weight excluding hydrogens is 364 g/mol. The Labute approximate surface area is 168 Å². The lowest BCUT2D eigenvalue weighted by Crippen LogP contribution is -2.66. The van der Waals surface area contributed by atoms with Crippen LogP contribution in [0.2, 0.25) is 0 Å². The maximum atomic E-state index is 12.1. The van der Waals surface area contributed by atoms with Crippen molar-refractivity contribution in [1.29, 1.82) is 0 Å². The monoisotopic (exact) mass is 404 g/mol. The summed E-state index contributed by atoms with van der Waals surface area (Å²) < 4.78 is 5.21. The van der Waals surface area contributed by atoms with Gasteiger partial charge in [0.05, 0.1) is 25.2 Å². The van der Waals surface area contributed by atoms with Gasteiger partial charge in [0, 0.05) is 0 Å². The molecule has 1 aliphatic heterocycles. The van der Waals surface area contributed by atoms with Crippen LogP contribution in [0.25, 0.3) is 0 Å². The second-order valence-electron chi connectivity index (χ2n) is 7.87. The summed E-state index contributed by atoms with van der Waals surface area (Å²) in [5, 5.41) is 41.6. The van der Waals surface area contributed by atoms with Crippen LogP contribution in [0.3, 0.4) is 0 Å². The number of carbonyl (C=O) groups excluding carboxylic acids is 1. The second-order valence-corrected chi connectivity index (χ2v) is 7.87. The summed E-state index contributed by atoms with van der Waals surface area (Å²) in [6.45, 7) is 1.73. The van der Waals surface area contributed by atoms with Crippen molar-refractivity contribution in [2.45, 2.75) is 114 Å². The first-order chi connectivity index (χ1) is 13.4. The largest absolute Gasteiger partial charge is 0.394 e. The molecule has 0 saturated carbocycles. The molecule has 0 bridgehead atoms. The van der Waals surface area contributed by atoms with Gasteiger partial charge >= 0.3 is 0 Å². The summed E-state index contributed by atoms with van der Waals surface area (Å²) in [4.78, 5) is 12.1. The Kier molecular flexibility index (Phi) is 12.9. The lowest BCUT2D eigenvalue weighted by molar-refractivity contribution is -0.194. The van der Waals surface area contributed by atoms with E-state index in [1.54, 1.807) is 0 Å². The molecule has 1 fully saturated rings. The van der Waals surface area contributed by atoms with Gasteiger partial charge in [-0.1, -0.05) is 64.7 Å². The van der Waals surface area contributed by atoms with Crippen LogP contribution in [0.1, 0.15) is 77.6 Å². The van der Waals surface area contributed by atoms with Crippen molar-refractivity contribution in [1.82, 2.24) is 5.32 Å². The minimum absolute atomic E-state index is 0.0908. The fraction of sp³-hybridized carbons (Fsp3) is 0.950. The number of hydrogen-bond acceptors (Lipinski definition) is 7. The molecule has 1 heterocycles.